The normalized spacial score (nSPS) is 10.4. The zero-order valence-electron chi connectivity index (χ0n) is 12.3. The molecular weight excluding hydrogens is 256 g/mol. The molecule has 0 radical (unpaired) electrons. The van der Waals surface area contributed by atoms with Gasteiger partial charge >= 0.3 is 5.97 Å². The minimum absolute atomic E-state index is 0.000416. The molecule has 1 rings (SSSR count). The maximum absolute atomic E-state index is 11.5. The Morgan fingerprint density at radius 1 is 1.25 bits per heavy atom. The van der Waals surface area contributed by atoms with Gasteiger partial charge in [0.1, 0.15) is 0 Å². The average molecular weight is 278 g/mol. The molecule has 0 aliphatic rings. The van der Waals surface area contributed by atoms with Crippen LogP contribution < -0.4 is 5.32 Å². The van der Waals surface area contributed by atoms with Crippen molar-refractivity contribution in [2.24, 2.45) is 0 Å². The zero-order chi connectivity index (χ0) is 15.0. The number of hydrogen-bond donors (Lipinski definition) is 1. The number of likely N-dealkylation sites (N-methyl/N-ethyl adjacent to an activating group) is 2. The van der Waals surface area contributed by atoms with Crippen LogP contribution in [0.1, 0.15) is 18.1 Å². The fourth-order valence-corrected chi connectivity index (χ4v) is 1.96. The third-order valence-corrected chi connectivity index (χ3v) is 2.91. The monoisotopic (exact) mass is 278 g/mol. The van der Waals surface area contributed by atoms with Crippen LogP contribution in [0.2, 0.25) is 0 Å². The Bertz CT molecular complexity index is 460. The summed E-state index contributed by atoms with van der Waals surface area (Å²) in [6.07, 6.45) is 0.252. The van der Waals surface area contributed by atoms with E-state index in [1.807, 2.05) is 43.1 Å². The Hall–Kier alpha value is -1.88. The van der Waals surface area contributed by atoms with Crippen LogP contribution in [-0.4, -0.2) is 44.0 Å². The van der Waals surface area contributed by atoms with E-state index in [-0.39, 0.29) is 18.3 Å². The summed E-state index contributed by atoms with van der Waals surface area (Å²) >= 11 is 0. The predicted molar refractivity (Wildman–Crippen MR) is 77.2 cm³/mol. The molecule has 0 aliphatic carbocycles. The van der Waals surface area contributed by atoms with E-state index < -0.39 is 0 Å². The molecule has 1 aromatic carbocycles. The highest BCUT2D eigenvalue weighted by molar-refractivity contribution is 5.77. The summed E-state index contributed by atoms with van der Waals surface area (Å²) in [5, 5.41) is 2.76. The van der Waals surface area contributed by atoms with E-state index in [2.05, 4.69) is 5.32 Å². The van der Waals surface area contributed by atoms with Crippen molar-refractivity contribution < 1.29 is 14.3 Å². The number of carbonyl (C=O) groups is 2. The number of hydrogen-bond acceptors (Lipinski definition) is 4. The Morgan fingerprint density at radius 3 is 2.50 bits per heavy atom. The molecule has 1 N–H and O–H groups in total. The number of rotatable bonds is 7. The van der Waals surface area contributed by atoms with E-state index in [9.17, 15) is 9.59 Å². The molecule has 0 spiro atoms. The molecule has 1 amide bonds. The van der Waals surface area contributed by atoms with Crippen molar-refractivity contribution in [1.29, 1.82) is 0 Å². The molecule has 20 heavy (non-hydrogen) atoms. The van der Waals surface area contributed by atoms with Gasteiger partial charge in [0.15, 0.2) is 0 Å². The fourth-order valence-electron chi connectivity index (χ4n) is 1.96. The van der Waals surface area contributed by atoms with Crippen LogP contribution in [0, 0.1) is 0 Å². The number of carbonyl (C=O) groups excluding carboxylic acids is 2. The Labute approximate surface area is 119 Å². The first-order chi connectivity index (χ1) is 9.56. The lowest BCUT2D eigenvalue weighted by atomic mass is 10.0. The second kappa shape index (κ2) is 8.32. The Balaban J connectivity index is 2.66. The highest BCUT2D eigenvalue weighted by Crippen LogP contribution is 2.12. The Kier molecular flexibility index (Phi) is 6.73. The van der Waals surface area contributed by atoms with Crippen LogP contribution in [0.15, 0.2) is 24.3 Å². The number of nitrogens with zero attached hydrogens (tertiary/aromatic N) is 1. The fraction of sp³-hybridized carbons (Fsp3) is 0.467. The van der Waals surface area contributed by atoms with Gasteiger partial charge in [-0.3, -0.25) is 14.5 Å². The van der Waals surface area contributed by atoms with Gasteiger partial charge < -0.3 is 10.1 Å². The first-order valence-electron chi connectivity index (χ1n) is 6.65. The maximum Gasteiger partial charge on any atom is 0.309 e. The molecule has 110 valence electrons. The van der Waals surface area contributed by atoms with Gasteiger partial charge in [-0.05, 0) is 25.1 Å². The lowest BCUT2D eigenvalue weighted by Crippen LogP contribution is -2.34. The average Bonchev–Trinajstić information content (AvgIpc) is 2.40. The van der Waals surface area contributed by atoms with Crippen molar-refractivity contribution in [3.8, 4) is 0 Å². The van der Waals surface area contributed by atoms with Crippen molar-refractivity contribution in [3.63, 3.8) is 0 Å². The van der Waals surface area contributed by atoms with Crippen LogP contribution in [0.4, 0.5) is 0 Å². The van der Waals surface area contributed by atoms with Crippen LogP contribution in [0.25, 0.3) is 0 Å². The molecule has 5 heteroatoms. The largest absolute Gasteiger partial charge is 0.469 e. The minimum atomic E-state index is -0.260. The minimum Gasteiger partial charge on any atom is -0.469 e. The molecule has 5 nitrogen and oxygen atoms in total. The molecule has 0 saturated heterocycles. The smallest absolute Gasteiger partial charge is 0.309 e. The van der Waals surface area contributed by atoms with Crippen LogP contribution in [0.5, 0.6) is 0 Å². The lowest BCUT2D eigenvalue weighted by Gasteiger charge is -2.18. The van der Waals surface area contributed by atoms with Crippen molar-refractivity contribution in [2.45, 2.75) is 19.9 Å². The summed E-state index contributed by atoms with van der Waals surface area (Å²) in [5.74, 6) is -0.260. The van der Waals surface area contributed by atoms with E-state index in [1.165, 1.54) is 7.11 Å². The Morgan fingerprint density at radius 2 is 1.90 bits per heavy atom. The van der Waals surface area contributed by atoms with Crippen molar-refractivity contribution >= 4 is 11.9 Å². The standard InChI is InChI=1S/C15H22N2O3/c1-4-16-14(18)11-17(2)10-13-8-6-5-7-12(13)9-15(19)20-3/h5-8H,4,9-11H2,1-3H3,(H,16,18). The van der Waals surface area contributed by atoms with E-state index >= 15 is 0 Å². The van der Waals surface area contributed by atoms with E-state index in [0.717, 1.165) is 11.1 Å². The van der Waals surface area contributed by atoms with Gasteiger partial charge in [0, 0.05) is 13.1 Å². The van der Waals surface area contributed by atoms with Gasteiger partial charge in [-0.1, -0.05) is 24.3 Å². The molecule has 0 unspecified atom stereocenters. The second-order valence-electron chi connectivity index (χ2n) is 4.65. The topological polar surface area (TPSA) is 58.6 Å². The summed E-state index contributed by atoms with van der Waals surface area (Å²) < 4.78 is 4.69. The van der Waals surface area contributed by atoms with Gasteiger partial charge in [0.2, 0.25) is 5.91 Å². The van der Waals surface area contributed by atoms with Gasteiger partial charge in [-0.25, -0.2) is 0 Å². The summed E-state index contributed by atoms with van der Waals surface area (Å²) in [6.45, 7) is 3.47. The number of esters is 1. The quantitative estimate of drug-likeness (QED) is 0.755. The molecule has 0 bridgehead atoms. The molecule has 1 aromatic rings. The van der Waals surface area contributed by atoms with Crippen molar-refractivity contribution in [3.05, 3.63) is 35.4 Å². The highest BCUT2D eigenvalue weighted by Gasteiger charge is 2.11. The van der Waals surface area contributed by atoms with Gasteiger partial charge in [-0.2, -0.15) is 0 Å². The first kappa shape index (κ1) is 16.2. The third kappa shape index (κ3) is 5.40. The zero-order valence-corrected chi connectivity index (χ0v) is 12.3. The van der Waals surface area contributed by atoms with Gasteiger partial charge in [0.25, 0.3) is 0 Å². The number of ether oxygens (including phenoxy) is 1. The van der Waals surface area contributed by atoms with Crippen LogP contribution in [0.3, 0.4) is 0 Å². The summed E-state index contributed by atoms with van der Waals surface area (Å²) in [7, 11) is 3.26. The molecule has 0 atom stereocenters. The van der Waals surface area contributed by atoms with Gasteiger partial charge in [0.05, 0.1) is 20.1 Å². The van der Waals surface area contributed by atoms with E-state index in [0.29, 0.717) is 19.6 Å². The molecule has 0 aromatic heterocycles. The summed E-state index contributed by atoms with van der Waals surface area (Å²) in [5.41, 5.74) is 1.96. The van der Waals surface area contributed by atoms with E-state index in [1.54, 1.807) is 0 Å². The summed E-state index contributed by atoms with van der Waals surface area (Å²) in [6, 6.07) is 7.69. The third-order valence-electron chi connectivity index (χ3n) is 2.91. The molecule has 0 heterocycles. The van der Waals surface area contributed by atoms with E-state index in [4.69, 9.17) is 4.74 Å². The lowest BCUT2D eigenvalue weighted by molar-refractivity contribution is -0.139. The molecule has 0 fully saturated rings. The number of methoxy groups -OCH3 is 1. The second-order valence-corrected chi connectivity index (χ2v) is 4.65. The number of nitrogens with one attached hydrogen (secondary N) is 1. The van der Waals surface area contributed by atoms with Crippen LogP contribution in [-0.2, 0) is 27.3 Å². The first-order valence-corrected chi connectivity index (χ1v) is 6.65. The predicted octanol–water partition coefficient (Wildman–Crippen LogP) is 0.970. The number of benzene rings is 1. The molecule has 0 aliphatic heterocycles. The van der Waals surface area contributed by atoms with Crippen LogP contribution >= 0.6 is 0 Å². The number of amides is 1. The molecule has 0 saturated carbocycles. The highest BCUT2D eigenvalue weighted by atomic mass is 16.5. The maximum atomic E-state index is 11.5. The molecular formula is C15H22N2O3. The SMILES string of the molecule is CCNC(=O)CN(C)Cc1ccccc1CC(=O)OC. The summed E-state index contributed by atoms with van der Waals surface area (Å²) in [4.78, 5) is 24.8. The van der Waals surface area contributed by atoms with Crippen molar-refractivity contribution in [1.82, 2.24) is 10.2 Å². The van der Waals surface area contributed by atoms with Crippen molar-refractivity contribution in [2.75, 3.05) is 27.2 Å². The van der Waals surface area contributed by atoms with Gasteiger partial charge in [-0.15, -0.1) is 0 Å².